The van der Waals surface area contributed by atoms with E-state index in [-0.39, 0.29) is 0 Å². The molecule has 1 aromatic heterocycles. The molecule has 0 fully saturated rings. The molecule has 3 N–H and O–H groups in total. The third-order valence-corrected chi connectivity index (χ3v) is 5.21. The molecule has 0 saturated carbocycles. The van der Waals surface area contributed by atoms with Gasteiger partial charge in [-0.05, 0) is 55.7 Å². The molecule has 0 unspecified atom stereocenters. The number of hydrogen-bond acceptors (Lipinski definition) is 5. The van der Waals surface area contributed by atoms with Crippen LogP contribution in [0.2, 0.25) is 0 Å². The Hall–Kier alpha value is -3.74. The number of hydrogen-bond donors (Lipinski definition) is 2. The second-order valence-corrected chi connectivity index (χ2v) is 7.51. The fraction of sp³-hybridized carbons (Fsp3) is 0.280. The molecule has 0 aliphatic rings. The minimum atomic E-state index is -1.02. The highest BCUT2D eigenvalue weighted by atomic mass is 16.5. The molecule has 3 aromatic rings. The number of rotatable bonds is 8. The number of amides is 2. The molecular formula is C25H27N3O4. The quantitative estimate of drug-likeness (QED) is 0.521. The van der Waals surface area contributed by atoms with E-state index in [1.165, 1.54) is 19.1 Å². The summed E-state index contributed by atoms with van der Waals surface area (Å²) >= 11 is 0. The maximum atomic E-state index is 13.2. The lowest BCUT2D eigenvalue weighted by Crippen LogP contribution is -2.30. The summed E-state index contributed by atoms with van der Waals surface area (Å²) in [6.45, 7) is 5.57. The zero-order valence-corrected chi connectivity index (χ0v) is 18.5. The molecule has 1 heterocycles. The Kier molecular flexibility index (Phi) is 7.20. The van der Waals surface area contributed by atoms with Crippen LogP contribution in [0.3, 0.4) is 0 Å². The van der Waals surface area contributed by atoms with Crippen LogP contribution in [0.4, 0.5) is 5.69 Å². The molecule has 0 aliphatic carbocycles. The van der Waals surface area contributed by atoms with Crippen LogP contribution in [0.15, 0.2) is 48.5 Å². The van der Waals surface area contributed by atoms with Gasteiger partial charge in [0.1, 0.15) is 0 Å². The van der Waals surface area contributed by atoms with Crippen LogP contribution in [0, 0.1) is 0 Å². The van der Waals surface area contributed by atoms with Crippen molar-refractivity contribution < 1.29 is 19.1 Å². The highest BCUT2D eigenvalue weighted by Gasteiger charge is 2.24. The largest absolute Gasteiger partial charge is 0.449 e. The Morgan fingerprint density at radius 3 is 2.38 bits per heavy atom. The lowest BCUT2D eigenvalue weighted by atomic mass is 9.96. The molecule has 0 bridgehead atoms. The van der Waals surface area contributed by atoms with Gasteiger partial charge in [-0.3, -0.25) is 14.6 Å². The highest BCUT2D eigenvalue weighted by molar-refractivity contribution is 6.06. The van der Waals surface area contributed by atoms with E-state index in [1.54, 1.807) is 12.1 Å². The number of fused-ring (bicyclic) bond motifs is 1. The Labute approximate surface area is 187 Å². The zero-order valence-electron chi connectivity index (χ0n) is 18.5. The average Bonchev–Trinajstić information content (AvgIpc) is 2.78. The normalized spacial score (nSPS) is 11.7. The molecule has 166 valence electrons. The predicted molar refractivity (Wildman–Crippen MR) is 124 cm³/mol. The van der Waals surface area contributed by atoms with Crippen LogP contribution in [-0.4, -0.2) is 28.9 Å². The van der Waals surface area contributed by atoms with Gasteiger partial charge in [-0.15, -0.1) is 0 Å². The van der Waals surface area contributed by atoms with Gasteiger partial charge in [0.25, 0.3) is 5.91 Å². The van der Waals surface area contributed by atoms with E-state index in [2.05, 4.69) is 12.2 Å². The monoisotopic (exact) mass is 433 g/mol. The number of carbonyl (C=O) groups is 3. The maximum absolute atomic E-state index is 13.2. The number of anilines is 1. The fourth-order valence-corrected chi connectivity index (χ4v) is 3.59. The van der Waals surface area contributed by atoms with Crippen molar-refractivity contribution in [2.24, 2.45) is 5.73 Å². The summed E-state index contributed by atoms with van der Waals surface area (Å²) in [6, 6.07) is 13.6. The van der Waals surface area contributed by atoms with Gasteiger partial charge in [-0.1, -0.05) is 38.5 Å². The van der Waals surface area contributed by atoms with E-state index in [4.69, 9.17) is 15.5 Å². The maximum Gasteiger partial charge on any atom is 0.339 e. The Bertz CT molecular complexity index is 1160. The first-order valence-corrected chi connectivity index (χ1v) is 10.7. The molecule has 3 rings (SSSR count). The molecule has 2 aromatic carbocycles. The van der Waals surface area contributed by atoms with Crippen LogP contribution in [0.25, 0.3) is 10.9 Å². The van der Waals surface area contributed by atoms with Gasteiger partial charge in [0.05, 0.1) is 11.1 Å². The van der Waals surface area contributed by atoms with Crippen molar-refractivity contribution in [3.05, 3.63) is 70.9 Å². The lowest BCUT2D eigenvalue weighted by Gasteiger charge is -2.18. The summed E-state index contributed by atoms with van der Waals surface area (Å²) in [4.78, 5) is 41.7. The van der Waals surface area contributed by atoms with Crippen LogP contribution >= 0.6 is 0 Å². The van der Waals surface area contributed by atoms with Gasteiger partial charge < -0.3 is 15.8 Å². The van der Waals surface area contributed by atoms with Gasteiger partial charge in [0.2, 0.25) is 5.91 Å². The summed E-state index contributed by atoms with van der Waals surface area (Å²) in [5.74, 6) is -1.58. The van der Waals surface area contributed by atoms with Gasteiger partial charge >= 0.3 is 5.97 Å². The fourth-order valence-electron chi connectivity index (χ4n) is 3.59. The van der Waals surface area contributed by atoms with Crippen molar-refractivity contribution in [3.8, 4) is 0 Å². The van der Waals surface area contributed by atoms with Crippen molar-refractivity contribution in [2.75, 3.05) is 5.32 Å². The Morgan fingerprint density at radius 1 is 1.06 bits per heavy atom. The number of primary amides is 1. The Morgan fingerprint density at radius 2 is 1.75 bits per heavy atom. The molecule has 7 heteroatoms. The number of aryl methyl sites for hydroxylation is 1. The molecule has 2 amide bonds. The molecular weight excluding hydrogens is 406 g/mol. The molecule has 32 heavy (non-hydrogen) atoms. The molecule has 0 saturated heterocycles. The van der Waals surface area contributed by atoms with Gasteiger partial charge in [-0.2, -0.15) is 0 Å². The zero-order chi connectivity index (χ0) is 23.3. The Balaban J connectivity index is 1.84. The number of ether oxygens (including phenoxy) is 1. The number of pyridine rings is 1. The molecule has 0 spiro atoms. The number of carbonyl (C=O) groups excluding carboxylic acids is 3. The molecule has 0 aliphatic heterocycles. The van der Waals surface area contributed by atoms with E-state index >= 15 is 0 Å². The van der Waals surface area contributed by atoms with Crippen molar-refractivity contribution >= 4 is 34.4 Å². The number of esters is 1. The van der Waals surface area contributed by atoms with Crippen LogP contribution in [0.5, 0.6) is 0 Å². The van der Waals surface area contributed by atoms with E-state index in [0.717, 1.165) is 29.6 Å². The number of para-hydroxylation sites is 1. The van der Waals surface area contributed by atoms with Crippen molar-refractivity contribution in [1.29, 1.82) is 0 Å². The molecule has 1 atom stereocenters. The summed E-state index contributed by atoms with van der Waals surface area (Å²) < 4.78 is 5.56. The van der Waals surface area contributed by atoms with Gasteiger partial charge in [0, 0.05) is 22.3 Å². The van der Waals surface area contributed by atoms with Crippen molar-refractivity contribution in [3.63, 3.8) is 0 Å². The molecule has 0 radical (unpaired) electrons. The third-order valence-electron chi connectivity index (χ3n) is 5.21. The van der Waals surface area contributed by atoms with Crippen LogP contribution in [0.1, 0.15) is 59.2 Å². The third kappa shape index (κ3) is 4.94. The SMILES string of the molecule is CCCc1nc2ccccc2c(C(=O)O[C@H](C)C(=O)Nc2ccc(C(N)=O)cc2)c1CC. The first-order chi connectivity index (χ1) is 15.3. The summed E-state index contributed by atoms with van der Waals surface area (Å²) in [5, 5.41) is 3.39. The first kappa shape index (κ1) is 22.9. The van der Waals surface area contributed by atoms with E-state index in [9.17, 15) is 14.4 Å². The number of nitrogens with zero attached hydrogens (tertiary/aromatic N) is 1. The van der Waals surface area contributed by atoms with Crippen LogP contribution in [-0.2, 0) is 22.4 Å². The number of aromatic nitrogens is 1. The number of nitrogens with two attached hydrogens (primary N) is 1. The minimum Gasteiger partial charge on any atom is -0.449 e. The van der Waals surface area contributed by atoms with Crippen LogP contribution < -0.4 is 11.1 Å². The highest BCUT2D eigenvalue weighted by Crippen LogP contribution is 2.26. The van der Waals surface area contributed by atoms with E-state index in [1.807, 2.05) is 31.2 Å². The van der Waals surface area contributed by atoms with E-state index in [0.29, 0.717) is 28.6 Å². The lowest BCUT2D eigenvalue weighted by molar-refractivity contribution is -0.123. The second-order valence-electron chi connectivity index (χ2n) is 7.51. The first-order valence-electron chi connectivity index (χ1n) is 10.7. The van der Waals surface area contributed by atoms with Crippen molar-refractivity contribution in [2.45, 2.75) is 46.1 Å². The van der Waals surface area contributed by atoms with E-state index < -0.39 is 23.9 Å². The summed E-state index contributed by atoms with van der Waals surface area (Å²) in [7, 11) is 0. The van der Waals surface area contributed by atoms with Gasteiger partial charge in [0.15, 0.2) is 6.10 Å². The summed E-state index contributed by atoms with van der Waals surface area (Å²) in [5.41, 5.74) is 8.96. The van der Waals surface area contributed by atoms with Gasteiger partial charge in [-0.25, -0.2) is 4.79 Å². The number of benzene rings is 2. The second kappa shape index (κ2) is 10.0. The standard InChI is InChI=1S/C25H27N3O4/c1-4-8-20-18(5-2)22(19-9-6-7-10-21(19)28-20)25(31)32-15(3)24(30)27-17-13-11-16(12-14-17)23(26)29/h6-7,9-15H,4-5,8H2,1-3H3,(H2,26,29)(H,27,30)/t15-/m1/s1. The smallest absolute Gasteiger partial charge is 0.339 e. The summed E-state index contributed by atoms with van der Waals surface area (Å²) in [6.07, 6.45) is 1.26. The topological polar surface area (TPSA) is 111 Å². The van der Waals surface area contributed by atoms with Crippen molar-refractivity contribution in [1.82, 2.24) is 4.98 Å². The minimum absolute atomic E-state index is 0.335. The molecule has 7 nitrogen and oxygen atoms in total. The average molecular weight is 434 g/mol. The number of nitrogens with one attached hydrogen (secondary N) is 1. The predicted octanol–water partition coefficient (Wildman–Crippen LogP) is 4.03.